The van der Waals surface area contributed by atoms with Crippen LogP contribution in [0.25, 0.3) is 5.03 Å². The van der Waals surface area contributed by atoms with E-state index in [1.165, 1.54) is 0 Å². The summed E-state index contributed by atoms with van der Waals surface area (Å²) in [5.74, 6) is -0.343. The van der Waals surface area contributed by atoms with Gasteiger partial charge >= 0.3 is 5.97 Å². The molecule has 0 atom stereocenters. The molecule has 1 aromatic rings. The normalized spacial score (nSPS) is 11.8. The zero-order chi connectivity index (χ0) is 15.0. The molecule has 0 amide bonds. The van der Waals surface area contributed by atoms with Crippen molar-refractivity contribution >= 4 is 38.5 Å². The van der Waals surface area contributed by atoms with Gasteiger partial charge in [-0.1, -0.05) is 45.7 Å². The van der Waals surface area contributed by atoms with E-state index in [1.54, 1.807) is 6.92 Å². The Bertz CT molecular complexity index is 492. The summed E-state index contributed by atoms with van der Waals surface area (Å²) in [4.78, 5) is 12.0. The molecule has 0 aromatic heterocycles. The third-order valence-electron chi connectivity index (χ3n) is 2.72. The fourth-order valence-electron chi connectivity index (χ4n) is 1.71. The molecular weight excluding hydrogens is 340 g/mol. The van der Waals surface area contributed by atoms with E-state index in [4.69, 9.17) is 16.3 Å². The Kier molecular flexibility index (Phi) is 7.63. The maximum atomic E-state index is 12.0. The second kappa shape index (κ2) is 8.98. The summed E-state index contributed by atoms with van der Waals surface area (Å²) in [5.41, 5.74) is 1.34. The topological polar surface area (TPSA) is 26.3 Å². The van der Waals surface area contributed by atoms with E-state index in [9.17, 15) is 4.79 Å². The highest BCUT2D eigenvalue weighted by molar-refractivity contribution is 9.10. The molecule has 0 N–H and O–H groups in total. The molecule has 0 spiro atoms. The lowest BCUT2D eigenvalue weighted by atomic mass is 10.0. The lowest BCUT2D eigenvalue weighted by Crippen LogP contribution is -2.09. The number of carbonyl (C=O) groups is 1. The number of carbonyl (C=O) groups excluding carboxylic acids is 1. The van der Waals surface area contributed by atoms with Crippen LogP contribution in [0.3, 0.4) is 0 Å². The highest BCUT2D eigenvalue weighted by Gasteiger charge is 2.16. The Balaban J connectivity index is 3.03. The average molecular weight is 358 g/mol. The predicted molar refractivity (Wildman–Crippen MR) is 87.6 cm³/mol. The highest BCUT2D eigenvalue weighted by Crippen LogP contribution is 2.28. The molecule has 4 heteroatoms. The minimum absolute atomic E-state index is 0.342. The van der Waals surface area contributed by atoms with E-state index in [0.29, 0.717) is 23.6 Å². The van der Waals surface area contributed by atoms with Gasteiger partial charge in [-0.15, -0.1) is 6.58 Å². The lowest BCUT2D eigenvalue weighted by Gasteiger charge is -2.10. The fraction of sp³-hybridized carbons (Fsp3) is 0.312. The number of ether oxygens (including phenoxy) is 1. The summed E-state index contributed by atoms with van der Waals surface area (Å²) < 4.78 is 6.05. The van der Waals surface area contributed by atoms with Crippen molar-refractivity contribution in [1.82, 2.24) is 0 Å². The minimum atomic E-state index is -0.343. The molecule has 0 unspecified atom stereocenters. The van der Waals surface area contributed by atoms with Gasteiger partial charge in [-0.25, -0.2) is 4.79 Å². The van der Waals surface area contributed by atoms with E-state index in [0.717, 1.165) is 22.9 Å². The van der Waals surface area contributed by atoms with Gasteiger partial charge in [-0.3, -0.25) is 0 Å². The maximum absolute atomic E-state index is 12.0. The standard InChI is InChI=1S/C16H18BrClO2/c1-3-5-6-7-14(16(19)20-4-2)15(18)12-8-10-13(17)11-9-12/h3,8-11H,1,4-7H2,2H3/b15-14-. The van der Waals surface area contributed by atoms with Crippen molar-refractivity contribution in [2.24, 2.45) is 0 Å². The summed E-state index contributed by atoms with van der Waals surface area (Å²) in [5, 5.41) is 0.458. The molecule has 0 saturated heterocycles. The molecule has 0 aliphatic carbocycles. The highest BCUT2D eigenvalue weighted by atomic mass is 79.9. The quantitative estimate of drug-likeness (QED) is 0.286. The van der Waals surface area contributed by atoms with Gasteiger partial charge in [0.2, 0.25) is 0 Å². The monoisotopic (exact) mass is 356 g/mol. The number of benzene rings is 1. The van der Waals surface area contributed by atoms with Crippen molar-refractivity contribution in [2.45, 2.75) is 26.2 Å². The molecule has 20 heavy (non-hydrogen) atoms. The summed E-state index contributed by atoms with van der Waals surface area (Å²) >= 11 is 9.75. The van der Waals surface area contributed by atoms with Crippen molar-refractivity contribution in [1.29, 1.82) is 0 Å². The largest absolute Gasteiger partial charge is 0.463 e. The molecule has 0 bridgehead atoms. The number of hydrogen-bond acceptors (Lipinski definition) is 2. The van der Waals surface area contributed by atoms with E-state index in [-0.39, 0.29) is 5.97 Å². The second-order valence-corrected chi connectivity index (χ2v) is 5.49. The summed E-state index contributed by atoms with van der Waals surface area (Å²) in [6, 6.07) is 7.53. The van der Waals surface area contributed by atoms with E-state index in [1.807, 2.05) is 30.3 Å². The zero-order valence-corrected chi connectivity index (χ0v) is 13.8. The fourth-order valence-corrected chi connectivity index (χ4v) is 2.28. The molecule has 2 nitrogen and oxygen atoms in total. The summed E-state index contributed by atoms with van der Waals surface area (Å²) in [6.45, 7) is 5.81. The Hall–Kier alpha value is -1.06. The molecular formula is C16H18BrClO2. The third-order valence-corrected chi connectivity index (χ3v) is 3.69. The molecule has 1 aromatic carbocycles. The number of allylic oxidation sites excluding steroid dienone is 1. The Morgan fingerprint density at radius 1 is 1.40 bits per heavy atom. The van der Waals surface area contributed by atoms with Gasteiger partial charge in [0.25, 0.3) is 0 Å². The molecule has 0 aliphatic heterocycles. The van der Waals surface area contributed by atoms with Crippen LogP contribution in [0.15, 0.2) is 47.0 Å². The first-order valence-corrected chi connectivity index (χ1v) is 7.69. The van der Waals surface area contributed by atoms with E-state index < -0.39 is 0 Å². The first-order chi connectivity index (χ1) is 9.60. The number of hydrogen-bond donors (Lipinski definition) is 0. The number of halogens is 2. The van der Waals surface area contributed by atoms with E-state index >= 15 is 0 Å². The smallest absolute Gasteiger partial charge is 0.335 e. The van der Waals surface area contributed by atoms with Crippen molar-refractivity contribution in [3.63, 3.8) is 0 Å². The maximum Gasteiger partial charge on any atom is 0.335 e. The van der Waals surface area contributed by atoms with Gasteiger partial charge in [0, 0.05) is 4.47 Å². The SMILES string of the molecule is C=CCCC/C(C(=O)OCC)=C(/Cl)c1ccc(Br)cc1. The van der Waals surface area contributed by atoms with Crippen molar-refractivity contribution < 1.29 is 9.53 Å². The predicted octanol–water partition coefficient (Wildman–Crippen LogP) is 5.32. The van der Waals surface area contributed by atoms with Gasteiger partial charge < -0.3 is 4.74 Å². The van der Waals surface area contributed by atoms with Gasteiger partial charge in [0.1, 0.15) is 0 Å². The van der Waals surface area contributed by atoms with Gasteiger partial charge in [0.15, 0.2) is 0 Å². The summed E-state index contributed by atoms with van der Waals surface area (Å²) in [7, 11) is 0. The number of rotatable bonds is 7. The van der Waals surface area contributed by atoms with Crippen LogP contribution in [0.2, 0.25) is 0 Å². The van der Waals surface area contributed by atoms with Gasteiger partial charge in [-0.05, 0) is 43.9 Å². The lowest BCUT2D eigenvalue weighted by molar-refractivity contribution is -0.138. The second-order valence-electron chi connectivity index (χ2n) is 4.20. The van der Waals surface area contributed by atoms with Crippen LogP contribution in [-0.4, -0.2) is 12.6 Å². The van der Waals surface area contributed by atoms with Crippen molar-refractivity contribution in [3.05, 3.63) is 52.5 Å². The van der Waals surface area contributed by atoms with Crippen LogP contribution >= 0.6 is 27.5 Å². The van der Waals surface area contributed by atoms with Crippen LogP contribution in [0.1, 0.15) is 31.7 Å². The molecule has 0 radical (unpaired) electrons. The molecule has 1 rings (SSSR count). The van der Waals surface area contributed by atoms with Gasteiger partial charge in [0.05, 0.1) is 17.2 Å². The molecule has 108 valence electrons. The van der Waals surface area contributed by atoms with Gasteiger partial charge in [-0.2, -0.15) is 0 Å². The number of unbranched alkanes of at least 4 members (excludes halogenated alkanes) is 1. The first kappa shape index (κ1) is 17.0. The Morgan fingerprint density at radius 3 is 2.60 bits per heavy atom. The van der Waals surface area contributed by atoms with Crippen molar-refractivity contribution in [2.75, 3.05) is 6.61 Å². The van der Waals surface area contributed by atoms with Crippen LogP contribution in [0.5, 0.6) is 0 Å². The van der Waals surface area contributed by atoms with E-state index in [2.05, 4.69) is 22.5 Å². The first-order valence-electron chi connectivity index (χ1n) is 6.52. The summed E-state index contributed by atoms with van der Waals surface area (Å²) in [6.07, 6.45) is 4.08. The average Bonchev–Trinajstić information content (AvgIpc) is 2.44. The third kappa shape index (κ3) is 5.14. The molecule has 0 saturated carbocycles. The Morgan fingerprint density at radius 2 is 2.05 bits per heavy atom. The van der Waals surface area contributed by atoms with Crippen LogP contribution in [0.4, 0.5) is 0 Å². The minimum Gasteiger partial charge on any atom is -0.463 e. The molecule has 0 aliphatic rings. The number of esters is 1. The van der Waals surface area contributed by atoms with Crippen LogP contribution in [0, 0.1) is 0 Å². The van der Waals surface area contributed by atoms with Crippen LogP contribution in [-0.2, 0) is 9.53 Å². The van der Waals surface area contributed by atoms with Crippen molar-refractivity contribution in [3.8, 4) is 0 Å². The Labute approximate surface area is 133 Å². The zero-order valence-electron chi connectivity index (χ0n) is 11.5. The molecule has 0 heterocycles. The van der Waals surface area contributed by atoms with Crippen LogP contribution < -0.4 is 0 Å². The molecule has 0 fully saturated rings.